The first-order valence-electron chi connectivity index (χ1n) is 8.96. The number of ether oxygens (including phenoxy) is 1. The number of rotatable bonds is 5. The van der Waals surface area contributed by atoms with Crippen LogP contribution in [0.5, 0.6) is 0 Å². The lowest BCUT2D eigenvalue weighted by atomic mass is 10.0. The Labute approximate surface area is 156 Å². The third kappa shape index (κ3) is 3.76. The highest BCUT2D eigenvalue weighted by Crippen LogP contribution is 2.20. The summed E-state index contributed by atoms with van der Waals surface area (Å²) in [5.74, 6) is 1.51. The van der Waals surface area contributed by atoms with Crippen molar-refractivity contribution < 1.29 is 9.53 Å². The van der Waals surface area contributed by atoms with Gasteiger partial charge in [0.15, 0.2) is 11.6 Å². The number of nitrogens with zero attached hydrogens (tertiary/aromatic N) is 3. The first-order chi connectivity index (χ1) is 13.2. The summed E-state index contributed by atoms with van der Waals surface area (Å²) in [5.41, 5.74) is 6.87. The predicted octanol–water partition coefficient (Wildman–Crippen LogP) is 1.46. The first kappa shape index (κ1) is 17.4. The summed E-state index contributed by atoms with van der Waals surface area (Å²) < 4.78 is 7.32. The van der Waals surface area contributed by atoms with Gasteiger partial charge in [-0.05, 0) is 22.4 Å². The number of hydrogen-bond acceptors (Lipinski definition) is 5. The second-order valence-electron chi connectivity index (χ2n) is 6.46. The van der Waals surface area contributed by atoms with E-state index in [4.69, 9.17) is 10.5 Å². The fourth-order valence-electron chi connectivity index (χ4n) is 3.26. The normalized spacial score (nSPS) is 14.6. The molecular formula is C19H22N6O2. The molecule has 1 aliphatic rings. The highest BCUT2D eigenvalue weighted by molar-refractivity contribution is 5.83. The number of benzene rings is 2. The molecule has 0 spiro atoms. The van der Waals surface area contributed by atoms with Gasteiger partial charge >= 0.3 is 6.03 Å². The Morgan fingerprint density at radius 1 is 1.22 bits per heavy atom. The van der Waals surface area contributed by atoms with Crippen molar-refractivity contribution in [2.75, 3.05) is 13.2 Å². The summed E-state index contributed by atoms with van der Waals surface area (Å²) in [6.45, 7) is 2.39. The smallest absolute Gasteiger partial charge is 0.315 e. The number of urea groups is 1. The minimum atomic E-state index is -0.289. The Morgan fingerprint density at radius 3 is 2.93 bits per heavy atom. The minimum absolute atomic E-state index is 0.268. The summed E-state index contributed by atoms with van der Waals surface area (Å²) in [6.07, 6.45) is 0. The highest BCUT2D eigenvalue weighted by Gasteiger charge is 2.18. The molecule has 1 aliphatic heterocycles. The van der Waals surface area contributed by atoms with Gasteiger partial charge in [-0.2, -0.15) is 0 Å². The van der Waals surface area contributed by atoms with Crippen LogP contribution in [0.1, 0.15) is 23.3 Å². The van der Waals surface area contributed by atoms with E-state index in [1.165, 1.54) is 0 Å². The fourth-order valence-corrected chi connectivity index (χ4v) is 3.26. The predicted molar refractivity (Wildman–Crippen MR) is 101 cm³/mol. The highest BCUT2D eigenvalue weighted by atomic mass is 16.5. The number of nitrogens with one attached hydrogen (secondary N) is 2. The molecule has 0 fully saturated rings. The molecule has 2 amide bonds. The molecule has 140 valence electrons. The zero-order valence-corrected chi connectivity index (χ0v) is 14.9. The molecule has 0 radical (unpaired) electrons. The monoisotopic (exact) mass is 366 g/mol. The molecule has 1 atom stereocenters. The third-order valence-electron chi connectivity index (χ3n) is 4.72. The van der Waals surface area contributed by atoms with Crippen molar-refractivity contribution >= 4 is 16.8 Å². The van der Waals surface area contributed by atoms with Gasteiger partial charge in [-0.1, -0.05) is 36.4 Å². The molecule has 0 saturated heterocycles. The maximum Gasteiger partial charge on any atom is 0.315 e. The molecule has 4 N–H and O–H groups in total. The maximum atomic E-state index is 12.4. The number of aromatic nitrogens is 3. The average molecular weight is 366 g/mol. The number of fused-ring (bicyclic) bond motifs is 2. The Morgan fingerprint density at radius 2 is 2.07 bits per heavy atom. The van der Waals surface area contributed by atoms with Gasteiger partial charge in [0.25, 0.3) is 0 Å². The van der Waals surface area contributed by atoms with Crippen molar-refractivity contribution in [2.24, 2.45) is 5.73 Å². The van der Waals surface area contributed by atoms with Crippen molar-refractivity contribution in [3.05, 3.63) is 59.7 Å². The molecule has 1 unspecified atom stereocenters. The molecular weight excluding hydrogens is 344 g/mol. The van der Waals surface area contributed by atoms with Crippen LogP contribution in [0.15, 0.2) is 42.5 Å². The number of amides is 2. The minimum Gasteiger partial charge on any atom is -0.372 e. The van der Waals surface area contributed by atoms with E-state index < -0.39 is 0 Å². The van der Waals surface area contributed by atoms with Crippen LogP contribution < -0.4 is 16.4 Å². The van der Waals surface area contributed by atoms with Crippen LogP contribution in [-0.4, -0.2) is 33.9 Å². The van der Waals surface area contributed by atoms with E-state index in [2.05, 4.69) is 33.0 Å². The molecule has 0 aliphatic carbocycles. The van der Waals surface area contributed by atoms with Crippen LogP contribution >= 0.6 is 0 Å². The third-order valence-corrected chi connectivity index (χ3v) is 4.72. The summed E-state index contributed by atoms with van der Waals surface area (Å²) in [5, 5.41) is 16.3. The van der Waals surface area contributed by atoms with Crippen LogP contribution in [0.4, 0.5) is 4.79 Å². The lowest BCUT2D eigenvalue weighted by Crippen LogP contribution is -2.40. The molecule has 2 aromatic carbocycles. The lowest BCUT2D eigenvalue weighted by molar-refractivity contribution is 0.0805. The van der Waals surface area contributed by atoms with Crippen molar-refractivity contribution in [1.82, 2.24) is 25.4 Å². The van der Waals surface area contributed by atoms with E-state index in [1.54, 1.807) is 0 Å². The Bertz CT molecular complexity index is 954. The average Bonchev–Trinajstić information content (AvgIpc) is 3.13. The van der Waals surface area contributed by atoms with Gasteiger partial charge in [0.2, 0.25) is 0 Å². The molecule has 3 aromatic rings. The van der Waals surface area contributed by atoms with Gasteiger partial charge in [-0.25, -0.2) is 4.79 Å². The summed E-state index contributed by atoms with van der Waals surface area (Å²) in [7, 11) is 0. The standard InChI is InChI=1S/C19H22N6O2/c20-10-16(15-6-5-13-3-1-2-4-14(13)9-15)22-19(26)21-11-17-23-24-18-12-27-8-7-25(17)18/h1-6,9,16H,7-8,10-12,20H2,(H2,21,22,26). The molecule has 27 heavy (non-hydrogen) atoms. The molecule has 4 rings (SSSR count). The number of carbonyl (C=O) groups is 1. The topological polar surface area (TPSA) is 107 Å². The van der Waals surface area contributed by atoms with E-state index in [-0.39, 0.29) is 12.1 Å². The van der Waals surface area contributed by atoms with E-state index in [9.17, 15) is 4.79 Å². The van der Waals surface area contributed by atoms with Gasteiger partial charge in [-0.15, -0.1) is 10.2 Å². The zero-order valence-electron chi connectivity index (χ0n) is 14.9. The SMILES string of the molecule is NCC(NC(=O)NCc1nnc2n1CCOC2)c1ccc2ccccc2c1. The summed E-state index contributed by atoms with van der Waals surface area (Å²) in [6, 6.07) is 13.6. The van der Waals surface area contributed by atoms with Crippen molar-refractivity contribution in [3.8, 4) is 0 Å². The van der Waals surface area contributed by atoms with Crippen LogP contribution in [0.3, 0.4) is 0 Å². The van der Waals surface area contributed by atoms with Crippen molar-refractivity contribution in [1.29, 1.82) is 0 Å². The van der Waals surface area contributed by atoms with Gasteiger partial charge < -0.3 is 25.7 Å². The molecule has 1 aromatic heterocycles. The summed E-state index contributed by atoms with van der Waals surface area (Å²) >= 11 is 0. The second kappa shape index (κ2) is 7.73. The van der Waals surface area contributed by atoms with Crippen molar-refractivity contribution in [2.45, 2.75) is 25.7 Å². The van der Waals surface area contributed by atoms with Crippen LogP contribution in [-0.2, 0) is 24.4 Å². The zero-order chi connectivity index (χ0) is 18.6. The van der Waals surface area contributed by atoms with Gasteiger partial charge in [0, 0.05) is 13.1 Å². The molecule has 0 saturated carbocycles. The molecule has 8 nitrogen and oxygen atoms in total. The number of carbonyl (C=O) groups excluding carboxylic acids is 1. The van der Waals surface area contributed by atoms with Gasteiger partial charge in [0.1, 0.15) is 6.61 Å². The summed E-state index contributed by atoms with van der Waals surface area (Å²) in [4.78, 5) is 12.4. The van der Waals surface area contributed by atoms with Gasteiger partial charge in [0.05, 0.1) is 19.2 Å². The van der Waals surface area contributed by atoms with Gasteiger partial charge in [-0.3, -0.25) is 0 Å². The Hall–Kier alpha value is -2.97. The Balaban J connectivity index is 1.40. The lowest BCUT2D eigenvalue weighted by Gasteiger charge is -2.19. The van der Waals surface area contributed by atoms with E-state index in [0.717, 1.165) is 28.0 Å². The second-order valence-corrected chi connectivity index (χ2v) is 6.46. The molecule has 0 bridgehead atoms. The Kier molecular flexibility index (Phi) is 4.99. The number of hydrogen-bond donors (Lipinski definition) is 3. The number of nitrogens with two attached hydrogens (primary N) is 1. The molecule has 8 heteroatoms. The van der Waals surface area contributed by atoms with Crippen LogP contribution in [0, 0.1) is 0 Å². The van der Waals surface area contributed by atoms with Crippen molar-refractivity contribution in [3.63, 3.8) is 0 Å². The largest absolute Gasteiger partial charge is 0.372 e. The van der Waals surface area contributed by atoms with E-state index >= 15 is 0 Å². The first-order valence-corrected chi connectivity index (χ1v) is 8.96. The maximum absolute atomic E-state index is 12.4. The van der Waals surface area contributed by atoms with E-state index in [0.29, 0.717) is 32.8 Å². The fraction of sp³-hybridized carbons (Fsp3) is 0.316. The quantitative estimate of drug-likeness (QED) is 0.634. The van der Waals surface area contributed by atoms with Crippen LogP contribution in [0.25, 0.3) is 10.8 Å². The van der Waals surface area contributed by atoms with E-state index in [1.807, 2.05) is 34.9 Å². The molecule has 2 heterocycles. The van der Waals surface area contributed by atoms with Crippen LogP contribution in [0.2, 0.25) is 0 Å².